The maximum atomic E-state index is 12.7. The lowest BCUT2D eigenvalue weighted by Gasteiger charge is -2.09. The highest BCUT2D eigenvalue weighted by molar-refractivity contribution is 6.06. The first-order valence-corrected chi connectivity index (χ1v) is 6.08. The van der Waals surface area contributed by atoms with Crippen molar-refractivity contribution in [1.29, 1.82) is 5.26 Å². The summed E-state index contributed by atoms with van der Waals surface area (Å²) in [6.45, 7) is 1.41. The Morgan fingerprint density at radius 2 is 2.05 bits per heavy atom. The van der Waals surface area contributed by atoms with E-state index in [1.165, 1.54) is 30.5 Å². The number of nitriles is 1. The van der Waals surface area contributed by atoms with Crippen molar-refractivity contribution in [2.24, 2.45) is 0 Å². The molecule has 0 aliphatic rings. The van der Waals surface area contributed by atoms with E-state index < -0.39 is 5.91 Å². The molecule has 0 heterocycles. The van der Waals surface area contributed by atoms with Crippen LogP contribution in [-0.4, -0.2) is 38.0 Å². The molecule has 0 saturated carbocycles. The van der Waals surface area contributed by atoms with E-state index in [2.05, 4.69) is 10.6 Å². The average molecular weight is 276 g/mol. The van der Waals surface area contributed by atoms with Crippen LogP contribution in [0, 0.1) is 17.1 Å². The van der Waals surface area contributed by atoms with Gasteiger partial charge in [-0.05, 0) is 38.4 Å². The van der Waals surface area contributed by atoms with E-state index in [-0.39, 0.29) is 11.4 Å². The molecule has 0 atom stereocenters. The fourth-order valence-corrected chi connectivity index (χ4v) is 1.34. The summed E-state index contributed by atoms with van der Waals surface area (Å²) >= 11 is 0. The predicted octanol–water partition coefficient (Wildman–Crippen LogP) is 1.32. The molecule has 106 valence electrons. The SMILES string of the molecule is CN(C)CCN/C=C(/C#N)C(=O)Nc1ccc(F)cc1. The molecule has 1 rings (SSSR count). The molecule has 0 aliphatic heterocycles. The summed E-state index contributed by atoms with van der Waals surface area (Å²) in [6.07, 6.45) is 1.38. The molecule has 5 nitrogen and oxygen atoms in total. The standard InChI is InChI=1S/C14H17FN4O/c1-19(2)8-7-17-10-11(9-16)14(20)18-13-5-3-12(15)4-6-13/h3-6,10,17H,7-8H2,1-2H3,(H,18,20)/b11-10-. The van der Waals surface area contributed by atoms with Gasteiger partial charge in [-0.15, -0.1) is 0 Å². The Kier molecular flexibility index (Phi) is 6.20. The minimum absolute atomic E-state index is 0.0342. The second-order valence-electron chi connectivity index (χ2n) is 4.39. The van der Waals surface area contributed by atoms with Crippen molar-refractivity contribution in [3.05, 3.63) is 41.9 Å². The lowest BCUT2D eigenvalue weighted by molar-refractivity contribution is -0.112. The first kappa shape index (κ1) is 15.7. The van der Waals surface area contributed by atoms with Crippen LogP contribution in [0.2, 0.25) is 0 Å². The van der Waals surface area contributed by atoms with E-state index >= 15 is 0 Å². The van der Waals surface area contributed by atoms with Crippen molar-refractivity contribution >= 4 is 11.6 Å². The second kappa shape index (κ2) is 7.92. The maximum Gasteiger partial charge on any atom is 0.267 e. The monoisotopic (exact) mass is 276 g/mol. The number of carbonyl (C=O) groups excluding carboxylic acids is 1. The van der Waals surface area contributed by atoms with Crippen LogP contribution in [0.3, 0.4) is 0 Å². The molecule has 6 heteroatoms. The quantitative estimate of drug-likeness (QED) is 0.467. The van der Waals surface area contributed by atoms with E-state index in [9.17, 15) is 9.18 Å². The first-order valence-electron chi connectivity index (χ1n) is 6.08. The number of nitrogens with zero attached hydrogens (tertiary/aromatic N) is 2. The number of carbonyl (C=O) groups is 1. The van der Waals surface area contributed by atoms with Crippen molar-refractivity contribution < 1.29 is 9.18 Å². The van der Waals surface area contributed by atoms with Crippen LogP contribution in [-0.2, 0) is 4.79 Å². The van der Waals surface area contributed by atoms with Gasteiger partial charge >= 0.3 is 0 Å². The number of hydrogen-bond donors (Lipinski definition) is 2. The number of likely N-dealkylation sites (N-methyl/N-ethyl adjacent to an activating group) is 1. The van der Waals surface area contributed by atoms with Crippen molar-refractivity contribution in [3.8, 4) is 6.07 Å². The van der Waals surface area contributed by atoms with Gasteiger partial charge in [0.2, 0.25) is 0 Å². The van der Waals surface area contributed by atoms with Gasteiger partial charge in [0.15, 0.2) is 0 Å². The predicted molar refractivity (Wildman–Crippen MR) is 75.3 cm³/mol. The fraction of sp³-hybridized carbons (Fsp3) is 0.286. The van der Waals surface area contributed by atoms with E-state index in [0.717, 1.165) is 6.54 Å². The zero-order valence-corrected chi connectivity index (χ0v) is 11.5. The third kappa shape index (κ3) is 5.50. The van der Waals surface area contributed by atoms with Crippen LogP contribution in [0.1, 0.15) is 0 Å². The summed E-state index contributed by atoms with van der Waals surface area (Å²) in [4.78, 5) is 13.8. The molecule has 1 amide bonds. The van der Waals surface area contributed by atoms with Gasteiger partial charge in [-0.25, -0.2) is 4.39 Å². The Hall–Kier alpha value is -2.39. The Balaban J connectivity index is 2.56. The molecule has 20 heavy (non-hydrogen) atoms. The van der Waals surface area contributed by atoms with Gasteiger partial charge in [0.1, 0.15) is 17.5 Å². The van der Waals surface area contributed by atoms with Gasteiger partial charge in [0, 0.05) is 25.0 Å². The summed E-state index contributed by atoms with van der Waals surface area (Å²) < 4.78 is 12.7. The number of amides is 1. The normalized spacial score (nSPS) is 11.1. The smallest absolute Gasteiger partial charge is 0.267 e. The number of nitrogens with one attached hydrogen (secondary N) is 2. The highest BCUT2D eigenvalue weighted by atomic mass is 19.1. The molecular formula is C14H17FN4O. The Morgan fingerprint density at radius 1 is 1.40 bits per heavy atom. The zero-order valence-electron chi connectivity index (χ0n) is 11.5. The molecule has 0 radical (unpaired) electrons. The number of benzene rings is 1. The molecule has 1 aromatic carbocycles. The molecule has 0 unspecified atom stereocenters. The van der Waals surface area contributed by atoms with Gasteiger partial charge in [-0.2, -0.15) is 5.26 Å². The highest BCUT2D eigenvalue weighted by Gasteiger charge is 2.08. The van der Waals surface area contributed by atoms with Crippen LogP contribution < -0.4 is 10.6 Å². The van der Waals surface area contributed by atoms with Crippen LogP contribution >= 0.6 is 0 Å². The Labute approximate surface area is 117 Å². The minimum Gasteiger partial charge on any atom is -0.388 e. The maximum absolute atomic E-state index is 12.7. The van der Waals surface area contributed by atoms with Crippen LogP contribution in [0.25, 0.3) is 0 Å². The minimum atomic E-state index is -0.531. The van der Waals surface area contributed by atoms with Crippen LogP contribution in [0.15, 0.2) is 36.0 Å². The number of rotatable bonds is 6. The van der Waals surface area contributed by atoms with Crippen molar-refractivity contribution in [2.45, 2.75) is 0 Å². The lowest BCUT2D eigenvalue weighted by Crippen LogP contribution is -2.24. The molecule has 0 aliphatic carbocycles. The molecule has 0 bridgehead atoms. The van der Waals surface area contributed by atoms with E-state index in [1.807, 2.05) is 25.1 Å². The van der Waals surface area contributed by atoms with Gasteiger partial charge in [-0.3, -0.25) is 4.79 Å². The number of hydrogen-bond acceptors (Lipinski definition) is 4. The average Bonchev–Trinajstić information content (AvgIpc) is 2.41. The molecule has 0 fully saturated rings. The third-order valence-electron chi connectivity index (χ3n) is 2.42. The van der Waals surface area contributed by atoms with Crippen LogP contribution in [0.5, 0.6) is 0 Å². The van der Waals surface area contributed by atoms with Crippen LogP contribution in [0.4, 0.5) is 10.1 Å². The van der Waals surface area contributed by atoms with Crippen molar-refractivity contribution in [2.75, 3.05) is 32.5 Å². The van der Waals surface area contributed by atoms with Gasteiger partial charge in [0.25, 0.3) is 5.91 Å². The number of anilines is 1. The largest absolute Gasteiger partial charge is 0.388 e. The highest BCUT2D eigenvalue weighted by Crippen LogP contribution is 2.09. The molecular weight excluding hydrogens is 259 g/mol. The molecule has 0 aromatic heterocycles. The molecule has 0 saturated heterocycles. The summed E-state index contributed by atoms with van der Waals surface area (Å²) in [7, 11) is 3.86. The van der Waals surface area contributed by atoms with Gasteiger partial charge in [0.05, 0.1) is 0 Å². The summed E-state index contributed by atoms with van der Waals surface area (Å²) in [5, 5.41) is 14.4. The second-order valence-corrected chi connectivity index (χ2v) is 4.39. The van der Waals surface area contributed by atoms with Gasteiger partial charge in [-0.1, -0.05) is 0 Å². The summed E-state index contributed by atoms with van der Waals surface area (Å²) in [6, 6.07) is 7.16. The molecule has 0 spiro atoms. The lowest BCUT2D eigenvalue weighted by atomic mass is 10.2. The van der Waals surface area contributed by atoms with Gasteiger partial charge < -0.3 is 15.5 Å². The van der Waals surface area contributed by atoms with Crippen molar-refractivity contribution in [1.82, 2.24) is 10.2 Å². The Bertz CT molecular complexity index is 517. The number of halogens is 1. The molecule has 1 aromatic rings. The summed E-state index contributed by atoms with van der Waals surface area (Å²) in [5.41, 5.74) is 0.402. The van der Waals surface area contributed by atoms with E-state index in [4.69, 9.17) is 5.26 Å². The molecule has 2 N–H and O–H groups in total. The topological polar surface area (TPSA) is 68.2 Å². The van der Waals surface area contributed by atoms with E-state index in [1.54, 1.807) is 0 Å². The Morgan fingerprint density at radius 3 is 2.60 bits per heavy atom. The first-order chi connectivity index (χ1) is 9.52. The summed E-state index contributed by atoms with van der Waals surface area (Å²) in [5.74, 6) is -0.916. The van der Waals surface area contributed by atoms with E-state index in [0.29, 0.717) is 12.2 Å². The fourth-order valence-electron chi connectivity index (χ4n) is 1.34. The third-order valence-corrected chi connectivity index (χ3v) is 2.42. The van der Waals surface area contributed by atoms with Crippen molar-refractivity contribution in [3.63, 3.8) is 0 Å². The zero-order chi connectivity index (χ0) is 15.0.